The predicted molar refractivity (Wildman–Crippen MR) is 73.8 cm³/mol. The van der Waals surface area contributed by atoms with E-state index < -0.39 is 11.9 Å². The zero-order valence-electron chi connectivity index (χ0n) is 12.0. The number of hydrazine groups is 1. The molecule has 1 aliphatic rings. The smallest absolute Gasteiger partial charge is 0.355 e. The van der Waals surface area contributed by atoms with Crippen LogP contribution in [0.25, 0.3) is 0 Å². The summed E-state index contributed by atoms with van der Waals surface area (Å²) in [5.41, 5.74) is 1.08. The van der Waals surface area contributed by atoms with E-state index in [9.17, 15) is 13.2 Å². The molecule has 118 valence electrons. The third kappa shape index (κ3) is 3.73. The number of halogens is 3. The molecule has 3 N–H and O–H groups in total. The average Bonchev–Trinajstić information content (AvgIpc) is 2.45. The largest absolute Gasteiger partial charge is 0.433 e. The van der Waals surface area contributed by atoms with E-state index in [1.807, 2.05) is 7.05 Å². The van der Waals surface area contributed by atoms with Crippen LogP contribution in [-0.4, -0.2) is 48.1 Å². The van der Waals surface area contributed by atoms with Gasteiger partial charge in [0.2, 0.25) is 5.95 Å². The first-order valence-electron chi connectivity index (χ1n) is 6.65. The van der Waals surface area contributed by atoms with E-state index in [2.05, 4.69) is 20.3 Å². The maximum Gasteiger partial charge on any atom is 0.433 e. The number of nitrogen functional groups attached to an aromatic ring is 1. The van der Waals surface area contributed by atoms with Crippen molar-refractivity contribution in [1.29, 1.82) is 0 Å². The Morgan fingerprint density at radius 1 is 1.43 bits per heavy atom. The number of anilines is 2. The van der Waals surface area contributed by atoms with Gasteiger partial charge in [-0.15, -0.1) is 0 Å². The van der Waals surface area contributed by atoms with Gasteiger partial charge in [-0.1, -0.05) is 0 Å². The molecule has 0 aromatic carbocycles. The average molecular weight is 304 g/mol. The zero-order valence-corrected chi connectivity index (χ0v) is 12.0. The highest BCUT2D eigenvalue weighted by atomic mass is 19.4. The summed E-state index contributed by atoms with van der Waals surface area (Å²) < 4.78 is 38.6. The summed E-state index contributed by atoms with van der Waals surface area (Å²) in [4.78, 5) is 11.3. The number of rotatable bonds is 3. The molecule has 1 aliphatic heterocycles. The van der Waals surface area contributed by atoms with Crippen molar-refractivity contribution in [1.82, 2.24) is 14.9 Å². The highest BCUT2D eigenvalue weighted by molar-refractivity contribution is 5.45. The van der Waals surface area contributed by atoms with Crippen molar-refractivity contribution in [3.63, 3.8) is 0 Å². The monoisotopic (exact) mass is 304 g/mol. The van der Waals surface area contributed by atoms with Crippen molar-refractivity contribution in [2.45, 2.75) is 25.1 Å². The lowest BCUT2D eigenvalue weighted by Gasteiger charge is -2.36. The van der Waals surface area contributed by atoms with E-state index in [0.29, 0.717) is 0 Å². The number of likely N-dealkylation sites (tertiary alicyclic amines) is 1. The molecule has 1 fully saturated rings. The molecule has 0 spiro atoms. The first kappa shape index (κ1) is 15.8. The van der Waals surface area contributed by atoms with Crippen molar-refractivity contribution in [2.75, 3.05) is 37.5 Å². The highest BCUT2D eigenvalue weighted by Crippen LogP contribution is 2.31. The number of aromatic nitrogens is 2. The van der Waals surface area contributed by atoms with Gasteiger partial charge in [0.25, 0.3) is 0 Å². The van der Waals surface area contributed by atoms with Crippen molar-refractivity contribution in [3.05, 3.63) is 11.8 Å². The molecular weight excluding hydrogens is 285 g/mol. The second-order valence-electron chi connectivity index (χ2n) is 5.25. The van der Waals surface area contributed by atoms with E-state index >= 15 is 0 Å². The molecule has 1 saturated heterocycles. The molecule has 1 aromatic rings. The Bertz CT molecular complexity index is 492. The molecule has 9 heteroatoms. The summed E-state index contributed by atoms with van der Waals surface area (Å²) in [6, 6.07) is 1.07. The summed E-state index contributed by atoms with van der Waals surface area (Å²) in [6.07, 6.45) is -2.62. The minimum absolute atomic E-state index is 0.116. The Morgan fingerprint density at radius 3 is 2.71 bits per heavy atom. The van der Waals surface area contributed by atoms with Gasteiger partial charge < -0.3 is 9.80 Å². The van der Waals surface area contributed by atoms with Gasteiger partial charge in [0.05, 0.1) is 0 Å². The van der Waals surface area contributed by atoms with Crippen molar-refractivity contribution < 1.29 is 13.2 Å². The molecule has 0 saturated carbocycles. The Hall–Kier alpha value is -1.61. The number of likely N-dealkylation sites (N-methyl/N-ethyl adjacent to an activating group) is 2. The Balaban J connectivity index is 2.29. The van der Waals surface area contributed by atoms with Crippen LogP contribution < -0.4 is 16.2 Å². The molecule has 0 bridgehead atoms. The summed E-state index contributed by atoms with van der Waals surface area (Å²) in [6.45, 7) is 1.78. The van der Waals surface area contributed by atoms with Crippen LogP contribution >= 0.6 is 0 Å². The molecule has 1 unspecified atom stereocenters. The van der Waals surface area contributed by atoms with Crippen molar-refractivity contribution in [2.24, 2.45) is 5.84 Å². The quantitative estimate of drug-likeness (QED) is 0.648. The van der Waals surface area contributed by atoms with Crippen LogP contribution in [0.2, 0.25) is 0 Å². The van der Waals surface area contributed by atoms with Gasteiger partial charge in [0.15, 0.2) is 5.69 Å². The summed E-state index contributed by atoms with van der Waals surface area (Å²) in [7, 11) is 3.74. The van der Waals surface area contributed by atoms with Gasteiger partial charge in [-0.05, 0) is 26.4 Å². The van der Waals surface area contributed by atoms with Crippen LogP contribution in [0, 0.1) is 0 Å². The molecule has 0 aliphatic carbocycles. The number of nitrogens with zero attached hydrogens (tertiary/aromatic N) is 4. The summed E-state index contributed by atoms with van der Waals surface area (Å²) >= 11 is 0. The van der Waals surface area contributed by atoms with Crippen LogP contribution in [-0.2, 0) is 6.18 Å². The number of hydrogen-bond acceptors (Lipinski definition) is 6. The third-order valence-electron chi connectivity index (χ3n) is 3.64. The third-order valence-corrected chi connectivity index (χ3v) is 3.64. The van der Waals surface area contributed by atoms with Gasteiger partial charge in [-0.2, -0.15) is 18.2 Å². The van der Waals surface area contributed by atoms with Crippen LogP contribution in [0.5, 0.6) is 0 Å². The number of piperidine rings is 1. The Kier molecular flexibility index (Phi) is 4.52. The van der Waals surface area contributed by atoms with Crippen LogP contribution in [0.15, 0.2) is 6.07 Å². The predicted octanol–water partition coefficient (Wildman–Crippen LogP) is 1.31. The molecule has 6 nitrogen and oxygen atoms in total. The molecule has 1 aromatic heterocycles. The Labute approximate surface area is 121 Å². The fourth-order valence-electron chi connectivity index (χ4n) is 2.47. The second-order valence-corrected chi connectivity index (χ2v) is 5.25. The summed E-state index contributed by atoms with van der Waals surface area (Å²) in [5.74, 6) is 5.14. The van der Waals surface area contributed by atoms with Gasteiger partial charge in [0, 0.05) is 25.7 Å². The van der Waals surface area contributed by atoms with Crippen molar-refractivity contribution >= 4 is 11.8 Å². The van der Waals surface area contributed by atoms with Gasteiger partial charge in [-0.3, -0.25) is 5.43 Å². The first-order chi connectivity index (χ1) is 9.81. The van der Waals surface area contributed by atoms with Gasteiger partial charge in [-0.25, -0.2) is 10.8 Å². The number of nitrogens with one attached hydrogen (secondary N) is 1. The molecule has 2 rings (SSSR count). The normalized spacial score (nSPS) is 20.4. The number of hydrogen-bond donors (Lipinski definition) is 2. The van der Waals surface area contributed by atoms with Crippen molar-refractivity contribution in [3.8, 4) is 0 Å². The first-order valence-corrected chi connectivity index (χ1v) is 6.65. The molecule has 0 radical (unpaired) electrons. The van der Waals surface area contributed by atoms with E-state index in [1.54, 1.807) is 11.9 Å². The van der Waals surface area contributed by atoms with E-state index in [1.165, 1.54) is 0 Å². The maximum atomic E-state index is 12.9. The lowest BCUT2D eigenvalue weighted by atomic mass is 10.1. The van der Waals surface area contributed by atoms with Gasteiger partial charge >= 0.3 is 6.18 Å². The highest BCUT2D eigenvalue weighted by Gasteiger charge is 2.34. The lowest BCUT2D eigenvalue weighted by molar-refractivity contribution is -0.141. The molecule has 0 amide bonds. The SMILES string of the molecule is CN1CCCC(N(C)c2cc(C(F)(F)F)nc(NN)n2)C1. The van der Waals surface area contributed by atoms with Crippen LogP contribution in [0.3, 0.4) is 0 Å². The minimum Gasteiger partial charge on any atom is -0.355 e. The minimum atomic E-state index is -4.53. The molecular formula is C12H19F3N6. The van der Waals surface area contributed by atoms with Crippen LogP contribution in [0.4, 0.5) is 24.9 Å². The van der Waals surface area contributed by atoms with Gasteiger partial charge in [0.1, 0.15) is 5.82 Å². The molecule has 2 heterocycles. The van der Waals surface area contributed by atoms with E-state index in [0.717, 1.165) is 32.0 Å². The van der Waals surface area contributed by atoms with E-state index in [-0.39, 0.29) is 17.8 Å². The lowest BCUT2D eigenvalue weighted by Crippen LogP contribution is -2.45. The molecule has 1 atom stereocenters. The standard InChI is InChI=1S/C12H19F3N6/c1-20-5-3-4-8(7-20)21(2)10-6-9(12(13,14)15)17-11(18-10)19-16/h6,8H,3-5,7,16H2,1-2H3,(H,17,18,19). The fraction of sp³-hybridized carbons (Fsp3) is 0.667. The van der Waals surface area contributed by atoms with Crippen LogP contribution in [0.1, 0.15) is 18.5 Å². The number of nitrogens with two attached hydrogens (primary N) is 1. The second kappa shape index (κ2) is 6.02. The number of alkyl halides is 3. The maximum absolute atomic E-state index is 12.9. The van der Waals surface area contributed by atoms with E-state index in [4.69, 9.17) is 5.84 Å². The zero-order chi connectivity index (χ0) is 15.6. The summed E-state index contributed by atoms with van der Waals surface area (Å²) in [5, 5.41) is 0. The fourth-order valence-corrected chi connectivity index (χ4v) is 2.47. The molecule has 21 heavy (non-hydrogen) atoms. The topological polar surface area (TPSA) is 70.3 Å². The Morgan fingerprint density at radius 2 is 2.14 bits per heavy atom.